The molecule has 0 aromatic carbocycles. The van der Waals surface area contributed by atoms with Gasteiger partial charge < -0.3 is 5.32 Å². The molecule has 76 valence electrons. The maximum absolute atomic E-state index is 3.27. The van der Waals surface area contributed by atoms with Gasteiger partial charge in [0, 0.05) is 12.1 Å². The summed E-state index contributed by atoms with van der Waals surface area (Å²) in [5.74, 6) is 0. The third-order valence-corrected chi connectivity index (χ3v) is 3.42. The van der Waals surface area contributed by atoms with Gasteiger partial charge in [0.25, 0.3) is 0 Å². The number of piperidine rings is 1. The highest BCUT2D eigenvalue weighted by molar-refractivity contribution is 4.90. The predicted molar refractivity (Wildman–Crippen MR) is 55.9 cm³/mol. The summed E-state index contributed by atoms with van der Waals surface area (Å²) in [4.78, 5) is 2.78. The Bertz CT molecular complexity index is 154. The van der Waals surface area contributed by atoms with Crippen molar-refractivity contribution in [3.63, 3.8) is 0 Å². The van der Waals surface area contributed by atoms with Gasteiger partial charge in [0.1, 0.15) is 0 Å². The van der Waals surface area contributed by atoms with Crippen LogP contribution in [0.1, 0.15) is 38.5 Å². The lowest BCUT2D eigenvalue weighted by Crippen LogP contribution is -2.42. The van der Waals surface area contributed by atoms with Gasteiger partial charge in [0.15, 0.2) is 0 Å². The fourth-order valence-electron chi connectivity index (χ4n) is 2.53. The maximum Gasteiger partial charge on any atom is 0.0110 e. The molecule has 2 aliphatic rings. The van der Waals surface area contributed by atoms with E-state index in [9.17, 15) is 0 Å². The average molecular weight is 182 g/mol. The van der Waals surface area contributed by atoms with Crippen LogP contribution in [0.4, 0.5) is 0 Å². The van der Waals surface area contributed by atoms with Crippen molar-refractivity contribution in [2.75, 3.05) is 20.1 Å². The van der Waals surface area contributed by atoms with Crippen LogP contribution in [0.3, 0.4) is 0 Å². The lowest BCUT2D eigenvalue weighted by atomic mass is 9.99. The van der Waals surface area contributed by atoms with E-state index in [-0.39, 0.29) is 0 Å². The van der Waals surface area contributed by atoms with E-state index in [1.54, 1.807) is 0 Å². The third kappa shape index (κ3) is 2.44. The van der Waals surface area contributed by atoms with E-state index >= 15 is 0 Å². The molecular weight excluding hydrogens is 160 g/mol. The molecule has 0 aromatic heterocycles. The van der Waals surface area contributed by atoms with Gasteiger partial charge in [-0.25, -0.2) is 0 Å². The van der Waals surface area contributed by atoms with Crippen molar-refractivity contribution in [1.82, 2.24) is 10.2 Å². The Hall–Kier alpha value is -0.0800. The van der Waals surface area contributed by atoms with Crippen LogP contribution in [0.2, 0.25) is 0 Å². The van der Waals surface area contributed by atoms with E-state index in [1.807, 2.05) is 0 Å². The fraction of sp³-hybridized carbons (Fsp3) is 1.00. The number of rotatable bonds is 4. The Balaban J connectivity index is 1.81. The molecule has 2 nitrogen and oxygen atoms in total. The topological polar surface area (TPSA) is 15.3 Å². The van der Waals surface area contributed by atoms with Gasteiger partial charge in [-0.15, -0.1) is 0 Å². The Kier molecular flexibility index (Phi) is 3.23. The lowest BCUT2D eigenvalue weighted by molar-refractivity contribution is 0.131. The summed E-state index contributed by atoms with van der Waals surface area (Å²) in [7, 11) is 2.06. The van der Waals surface area contributed by atoms with Crippen LogP contribution in [-0.2, 0) is 0 Å². The summed E-state index contributed by atoms with van der Waals surface area (Å²) in [5.41, 5.74) is 0. The Morgan fingerprint density at radius 3 is 2.77 bits per heavy atom. The van der Waals surface area contributed by atoms with Gasteiger partial charge >= 0.3 is 0 Å². The molecular formula is C11H22N2. The molecule has 0 amide bonds. The summed E-state index contributed by atoms with van der Waals surface area (Å²) in [6.07, 6.45) is 8.63. The number of hydrogen-bond donors (Lipinski definition) is 1. The molecule has 0 aromatic rings. The molecule has 13 heavy (non-hydrogen) atoms. The molecule has 0 radical (unpaired) electrons. The first kappa shape index (κ1) is 9.47. The second kappa shape index (κ2) is 4.43. The second-order valence-corrected chi connectivity index (χ2v) is 4.51. The van der Waals surface area contributed by atoms with Gasteiger partial charge in [-0.1, -0.05) is 6.42 Å². The van der Waals surface area contributed by atoms with Crippen molar-refractivity contribution in [2.24, 2.45) is 0 Å². The summed E-state index contributed by atoms with van der Waals surface area (Å²) >= 11 is 0. The molecule has 2 rings (SSSR count). The molecule has 1 saturated heterocycles. The van der Waals surface area contributed by atoms with Crippen LogP contribution in [0, 0.1) is 0 Å². The van der Waals surface area contributed by atoms with Crippen molar-refractivity contribution in [3.8, 4) is 0 Å². The molecule has 2 heteroatoms. The average Bonchev–Trinajstić information content (AvgIpc) is 2.98. The minimum absolute atomic E-state index is 0.897. The van der Waals surface area contributed by atoms with Crippen LogP contribution < -0.4 is 5.32 Å². The first-order valence-corrected chi connectivity index (χ1v) is 5.82. The molecule has 1 atom stereocenters. The van der Waals surface area contributed by atoms with E-state index in [2.05, 4.69) is 17.3 Å². The minimum Gasteiger partial charge on any atom is -0.320 e. The van der Waals surface area contributed by atoms with Crippen molar-refractivity contribution in [1.29, 1.82) is 0 Å². The van der Waals surface area contributed by atoms with Crippen LogP contribution in [0.25, 0.3) is 0 Å². The summed E-state index contributed by atoms with van der Waals surface area (Å²) in [5, 5.41) is 3.27. The zero-order valence-corrected chi connectivity index (χ0v) is 8.76. The molecule has 0 spiro atoms. The first-order valence-electron chi connectivity index (χ1n) is 5.82. The quantitative estimate of drug-likeness (QED) is 0.710. The molecule has 2 fully saturated rings. The largest absolute Gasteiger partial charge is 0.320 e. The number of nitrogens with one attached hydrogen (secondary N) is 1. The van der Waals surface area contributed by atoms with Gasteiger partial charge in [-0.05, 0) is 52.2 Å². The highest BCUT2D eigenvalue weighted by Crippen LogP contribution is 2.33. The molecule has 1 saturated carbocycles. The standard InChI is InChI=1S/C11H22N2/c1-12-8-7-10-4-2-3-9-13(10)11-5-6-11/h10-12H,2-9H2,1H3. The van der Waals surface area contributed by atoms with Crippen LogP contribution in [0.5, 0.6) is 0 Å². The highest BCUT2D eigenvalue weighted by atomic mass is 15.2. The van der Waals surface area contributed by atoms with Gasteiger partial charge in [-0.3, -0.25) is 4.90 Å². The predicted octanol–water partition coefficient (Wildman–Crippen LogP) is 1.61. The van der Waals surface area contributed by atoms with Crippen molar-refractivity contribution >= 4 is 0 Å². The van der Waals surface area contributed by atoms with Crippen LogP contribution in [0.15, 0.2) is 0 Å². The van der Waals surface area contributed by atoms with Gasteiger partial charge in [-0.2, -0.15) is 0 Å². The Labute approximate surface area is 81.7 Å². The van der Waals surface area contributed by atoms with Gasteiger partial charge in [0.2, 0.25) is 0 Å². The molecule has 0 bridgehead atoms. The first-order chi connectivity index (χ1) is 6.42. The van der Waals surface area contributed by atoms with E-state index in [1.165, 1.54) is 51.6 Å². The lowest BCUT2D eigenvalue weighted by Gasteiger charge is -2.36. The zero-order chi connectivity index (χ0) is 9.10. The van der Waals surface area contributed by atoms with E-state index in [0.717, 1.165) is 12.1 Å². The molecule has 1 N–H and O–H groups in total. The molecule has 1 aliphatic carbocycles. The summed E-state index contributed by atoms with van der Waals surface area (Å²) < 4.78 is 0. The molecule has 1 heterocycles. The Morgan fingerprint density at radius 2 is 2.08 bits per heavy atom. The third-order valence-electron chi connectivity index (χ3n) is 3.42. The summed E-state index contributed by atoms with van der Waals surface area (Å²) in [6, 6.07) is 1.87. The molecule has 1 aliphatic heterocycles. The number of likely N-dealkylation sites (tertiary alicyclic amines) is 1. The second-order valence-electron chi connectivity index (χ2n) is 4.51. The fourth-order valence-corrected chi connectivity index (χ4v) is 2.53. The van der Waals surface area contributed by atoms with Crippen LogP contribution in [-0.4, -0.2) is 37.1 Å². The summed E-state index contributed by atoms with van der Waals surface area (Å²) in [6.45, 7) is 2.56. The van der Waals surface area contributed by atoms with E-state index in [4.69, 9.17) is 0 Å². The van der Waals surface area contributed by atoms with Crippen molar-refractivity contribution in [2.45, 2.75) is 50.6 Å². The monoisotopic (exact) mass is 182 g/mol. The van der Waals surface area contributed by atoms with Gasteiger partial charge in [0.05, 0.1) is 0 Å². The van der Waals surface area contributed by atoms with Crippen molar-refractivity contribution < 1.29 is 0 Å². The van der Waals surface area contributed by atoms with Crippen molar-refractivity contribution in [3.05, 3.63) is 0 Å². The van der Waals surface area contributed by atoms with Crippen LogP contribution >= 0.6 is 0 Å². The van der Waals surface area contributed by atoms with E-state index < -0.39 is 0 Å². The Morgan fingerprint density at radius 1 is 1.23 bits per heavy atom. The zero-order valence-electron chi connectivity index (χ0n) is 8.76. The smallest absolute Gasteiger partial charge is 0.0110 e. The minimum atomic E-state index is 0.897. The molecule has 1 unspecified atom stereocenters. The normalized spacial score (nSPS) is 30.7. The highest BCUT2D eigenvalue weighted by Gasteiger charge is 2.34. The maximum atomic E-state index is 3.27. The van der Waals surface area contributed by atoms with E-state index in [0.29, 0.717) is 0 Å². The SMILES string of the molecule is CNCCC1CCCCN1C1CC1. The number of hydrogen-bond acceptors (Lipinski definition) is 2. The number of nitrogens with zero attached hydrogens (tertiary/aromatic N) is 1.